The predicted octanol–water partition coefficient (Wildman–Crippen LogP) is 3.63. The van der Waals surface area contributed by atoms with Crippen molar-refractivity contribution in [3.63, 3.8) is 0 Å². The topological polar surface area (TPSA) is 71.2 Å². The molecule has 0 spiro atoms. The number of carbonyl (C=O) groups excluding carboxylic acids is 1. The lowest BCUT2D eigenvalue weighted by molar-refractivity contribution is 0.0951. The molecule has 5 nitrogen and oxygen atoms in total. The summed E-state index contributed by atoms with van der Waals surface area (Å²) in [4.78, 5) is 19.4. The Labute approximate surface area is 162 Å². The molecule has 3 rings (SSSR count). The van der Waals surface area contributed by atoms with Crippen molar-refractivity contribution in [2.75, 3.05) is 24.5 Å². The number of nitrogens with two attached hydrogens (primary N) is 1. The number of nitrogens with one attached hydrogen (secondary N) is 1. The highest BCUT2D eigenvalue weighted by Gasteiger charge is 2.20. The van der Waals surface area contributed by atoms with E-state index in [1.54, 1.807) is 6.20 Å². The summed E-state index contributed by atoms with van der Waals surface area (Å²) in [6.45, 7) is 6.65. The number of aromatic nitrogens is 1. The van der Waals surface area contributed by atoms with Crippen LogP contribution in [0.15, 0.2) is 42.6 Å². The molecule has 1 fully saturated rings. The van der Waals surface area contributed by atoms with Crippen LogP contribution < -0.4 is 16.0 Å². The average molecular weight is 367 g/mol. The maximum Gasteiger partial charge on any atom is 0.255 e. The summed E-state index contributed by atoms with van der Waals surface area (Å²) >= 11 is 0. The summed E-state index contributed by atoms with van der Waals surface area (Å²) in [5.41, 5.74) is 9.23. The summed E-state index contributed by atoms with van der Waals surface area (Å²) in [5.74, 6) is 1.16. The summed E-state index contributed by atoms with van der Waals surface area (Å²) in [6, 6.07) is 11.7. The average Bonchev–Trinajstić information content (AvgIpc) is 2.72. The van der Waals surface area contributed by atoms with Gasteiger partial charge in [0.2, 0.25) is 0 Å². The number of rotatable bonds is 6. The first-order chi connectivity index (χ1) is 13.1. The fourth-order valence-corrected chi connectivity index (χ4v) is 3.48. The van der Waals surface area contributed by atoms with Gasteiger partial charge in [-0.25, -0.2) is 4.98 Å². The van der Waals surface area contributed by atoms with Crippen LogP contribution in [0.25, 0.3) is 0 Å². The number of hydrogen-bond donors (Lipinski definition) is 2. The zero-order valence-electron chi connectivity index (χ0n) is 16.3. The molecule has 1 unspecified atom stereocenters. The number of pyridine rings is 1. The lowest BCUT2D eigenvalue weighted by Crippen LogP contribution is -2.35. The van der Waals surface area contributed by atoms with E-state index in [1.807, 2.05) is 12.1 Å². The molecule has 1 aromatic carbocycles. The van der Waals surface area contributed by atoms with Crippen LogP contribution in [0.4, 0.5) is 5.82 Å². The lowest BCUT2D eigenvalue weighted by Gasteiger charge is -2.29. The predicted molar refractivity (Wildman–Crippen MR) is 110 cm³/mol. The van der Waals surface area contributed by atoms with Crippen LogP contribution in [-0.2, 0) is 0 Å². The number of carbonyl (C=O) groups is 1. The molecule has 0 saturated carbocycles. The second-order valence-electron chi connectivity index (χ2n) is 7.56. The summed E-state index contributed by atoms with van der Waals surface area (Å²) in [6.07, 6.45) is 5.29. The van der Waals surface area contributed by atoms with E-state index in [-0.39, 0.29) is 11.9 Å². The maximum atomic E-state index is 12.8. The molecule has 2 heterocycles. The van der Waals surface area contributed by atoms with E-state index in [1.165, 1.54) is 12.0 Å². The third-order valence-corrected chi connectivity index (χ3v) is 5.20. The van der Waals surface area contributed by atoms with Gasteiger partial charge in [0.1, 0.15) is 5.82 Å². The number of nitrogens with zero attached hydrogens (tertiary/aromatic N) is 2. The molecule has 1 amide bonds. The van der Waals surface area contributed by atoms with Gasteiger partial charge in [0.15, 0.2) is 0 Å². The van der Waals surface area contributed by atoms with Gasteiger partial charge in [-0.1, -0.05) is 38.1 Å². The largest absolute Gasteiger partial charge is 0.356 e. The molecule has 1 atom stereocenters. The molecule has 144 valence electrons. The van der Waals surface area contributed by atoms with Gasteiger partial charge in [0.05, 0.1) is 5.56 Å². The lowest BCUT2D eigenvalue weighted by atomic mass is 9.99. The molecular weight excluding hydrogens is 336 g/mol. The molecule has 27 heavy (non-hydrogen) atoms. The Morgan fingerprint density at radius 3 is 2.44 bits per heavy atom. The van der Waals surface area contributed by atoms with Crippen molar-refractivity contribution in [1.29, 1.82) is 0 Å². The number of benzene rings is 1. The SMILES string of the molecule is CC(C)c1ccc(C(N)CNC(=O)c2cccnc2N2CCCCC2)cc1. The van der Waals surface area contributed by atoms with Crippen molar-refractivity contribution < 1.29 is 4.79 Å². The van der Waals surface area contributed by atoms with E-state index in [0.29, 0.717) is 18.0 Å². The number of piperidine rings is 1. The Bertz CT molecular complexity index is 751. The van der Waals surface area contributed by atoms with Gasteiger partial charge in [-0.05, 0) is 48.4 Å². The van der Waals surface area contributed by atoms with Crippen LogP contribution in [-0.4, -0.2) is 30.5 Å². The summed E-state index contributed by atoms with van der Waals surface area (Å²) in [7, 11) is 0. The maximum absolute atomic E-state index is 12.8. The zero-order chi connectivity index (χ0) is 19.2. The van der Waals surface area contributed by atoms with Gasteiger partial charge in [0, 0.05) is 31.9 Å². The van der Waals surface area contributed by atoms with Gasteiger partial charge in [-0.3, -0.25) is 4.79 Å². The van der Waals surface area contributed by atoms with E-state index < -0.39 is 0 Å². The van der Waals surface area contributed by atoms with E-state index in [4.69, 9.17) is 5.73 Å². The van der Waals surface area contributed by atoms with Crippen LogP contribution in [0.1, 0.15) is 66.6 Å². The van der Waals surface area contributed by atoms with E-state index in [9.17, 15) is 4.79 Å². The van der Waals surface area contributed by atoms with Gasteiger partial charge in [-0.15, -0.1) is 0 Å². The molecule has 0 radical (unpaired) electrons. The van der Waals surface area contributed by atoms with Crippen molar-refractivity contribution >= 4 is 11.7 Å². The minimum atomic E-state index is -0.231. The third-order valence-electron chi connectivity index (χ3n) is 5.20. The molecule has 0 aliphatic carbocycles. The van der Waals surface area contributed by atoms with Gasteiger partial charge >= 0.3 is 0 Å². The standard InChI is InChI=1S/C22H30N4O/c1-16(2)17-8-10-18(11-9-17)20(23)15-25-22(27)19-7-6-12-24-21(19)26-13-4-3-5-14-26/h6-12,16,20H,3-5,13-15,23H2,1-2H3,(H,25,27). The molecule has 3 N–H and O–H groups in total. The Morgan fingerprint density at radius 2 is 1.78 bits per heavy atom. The van der Waals surface area contributed by atoms with Crippen LogP contribution >= 0.6 is 0 Å². The first-order valence-corrected chi connectivity index (χ1v) is 9.90. The molecule has 1 aliphatic rings. The molecule has 0 bridgehead atoms. The minimum absolute atomic E-state index is 0.113. The Morgan fingerprint density at radius 1 is 1.11 bits per heavy atom. The number of amides is 1. The molecule has 1 aromatic heterocycles. The zero-order valence-corrected chi connectivity index (χ0v) is 16.3. The Kier molecular flexibility index (Phi) is 6.45. The van der Waals surface area contributed by atoms with Gasteiger partial charge in [-0.2, -0.15) is 0 Å². The van der Waals surface area contributed by atoms with Gasteiger partial charge in [0.25, 0.3) is 5.91 Å². The highest BCUT2D eigenvalue weighted by atomic mass is 16.1. The molecular formula is C22H30N4O. The minimum Gasteiger partial charge on any atom is -0.356 e. The van der Waals surface area contributed by atoms with E-state index >= 15 is 0 Å². The van der Waals surface area contributed by atoms with Crippen molar-refractivity contribution in [2.45, 2.75) is 45.1 Å². The van der Waals surface area contributed by atoms with Crippen LogP contribution in [0.3, 0.4) is 0 Å². The monoisotopic (exact) mass is 366 g/mol. The van der Waals surface area contributed by atoms with Crippen LogP contribution in [0.2, 0.25) is 0 Å². The third kappa shape index (κ3) is 4.86. The fraction of sp³-hybridized carbons (Fsp3) is 0.455. The molecule has 5 heteroatoms. The molecule has 1 aliphatic heterocycles. The summed E-state index contributed by atoms with van der Waals surface area (Å²) < 4.78 is 0. The number of hydrogen-bond acceptors (Lipinski definition) is 4. The van der Waals surface area contributed by atoms with Gasteiger partial charge < -0.3 is 16.0 Å². The van der Waals surface area contributed by atoms with Crippen LogP contribution in [0, 0.1) is 0 Å². The number of anilines is 1. The van der Waals surface area contributed by atoms with E-state index in [0.717, 1.165) is 37.3 Å². The second-order valence-corrected chi connectivity index (χ2v) is 7.56. The van der Waals surface area contributed by atoms with E-state index in [2.05, 4.69) is 53.3 Å². The second kappa shape index (κ2) is 9.00. The summed E-state index contributed by atoms with van der Waals surface area (Å²) in [5, 5.41) is 2.98. The normalized spacial score (nSPS) is 15.6. The highest BCUT2D eigenvalue weighted by molar-refractivity contribution is 5.98. The van der Waals surface area contributed by atoms with Crippen molar-refractivity contribution in [3.8, 4) is 0 Å². The quantitative estimate of drug-likeness (QED) is 0.819. The Balaban J connectivity index is 1.63. The smallest absolute Gasteiger partial charge is 0.255 e. The van der Waals surface area contributed by atoms with Crippen LogP contribution in [0.5, 0.6) is 0 Å². The van der Waals surface area contributed by atoms with Crippen molar-refractivity contribution in [1.82, 2.24) is 10.3 Å². The molecule has 1 saturated heterocycles. The van der Waals surface area contributed by atoms with Crippen molar-refractivity contribution in [2.24, 2.45) is 5.73 Å². The first kappa shape index (κ1) is 19.4. The van der Waals surface area contributed by atoms with Crippen molar-refractivity contribution in [3.05, 3.63) is 59.3 Å². The first-order valence-electron chi connectivity index (χ1n) is 9.90. The highest BCUT2D eigenvalue weighted by Crippen LogP contribution is 2.22. The fourth-order valence-electron chi connectivity index (χ4n) is 3.48. The Hall–Kier alpha value is -2.40. The molecule has 2 aromatic rings.